The SMILES string of the molecule is COCCCNC(=O)c1c(N)n(CCC[NH3+])c2nc3ccccc3nc12. The van der Waals surface area contributed by atoms with Gasteiger partial charge >= 0.3 is 0 Å². The van der Waals surface area contributed by atoms with Gasteiger partial charge in [-0.25, -0.2) is 9.97 Å². The lowest BCUT2D eigenvalue weighted by atomic mass is 10.2. The van der Waals surface area contributed by atoms with E-state index < -0.39 is 0 Å². The van der Waals surface area contributed by atoms with E-state index in [-0.39, 0.29) is 5.91 Å². The Morgan fingerprint density at radius 3 is 2.69 bits per heavy atom. The largest absolute Gasteiger partial charge is 0.385 e. The molecule has 6 N–H and O–H groups in total. The molecule has 0 radical (unpaired) electrons. The summed E-state index contributed by atoms with van der Waals surface area (Å²) in [6.07, 6.45) is 1.58. The molecule has 0 saturated carbocycles. The van der Waals surface area contributed by atoms with Crippen LogP contribution in [0.15, 0.2) is 24.3 Å². The number of rotatable bonds is 8. The van der Waals surface area contributed by atoms with Crippen molar-refractivity contribution in [3.63, 3.8) is 0 Å². The van der Waals surface area contributed by atoms with Crippen molar-refractivity contribution in [1.29, 1.82) is 0 Å². The summed E-state index contributed by atoms with van der Waals surface area (Å²) >= 11 is 0. The molecule has 0 bridgehead atoms. The number of anilines is 1. The highest BCUT2D eigenvalue weighted by molar-refractivity contribution is 6.10. The summed E-state index contributed by atoms with van der Waals surface area (Å²) in [7, 11) is 1.64. The molecule has 0 saturated heterocycles. The molecule has 3 aromatic rings. The Morgan fingerprint density at radius 2 is 2.00 bits per heavy atom. The number of aryl methyl sites for hydroxylation is 1. The second kappa shape index (κ2) is 8.11. The maximum atomic E-state index is 12.7. The number of carbonyl (C=O) groups is 1. The average Bonchev–Trinajstić information content (AvgIpc) is 2.92. The zero-order chi connectivity index (χ0) is 18.5. The van der Waals surface area contributed by atoms with Gasteiger partial charge in [-0.2, -0.15) is 0 Å². The van der Waals surface area contributed by atoms with Crippen LogP contribution in [-0.2, 0) is 11.3 Å². The number of para-hydroxylation sites is 2. The Bertz CT molecular complexity index is 921. The topological polar surface area (TPSA) is 123 Å². The van der Waals surface area contributed by atoms with Gasteiger partial charge in [-0.1, -0.05) is 12.1 Å². The molecule has 0 fully saturated rings. The predicted octanol–water partition coefficient (Wildman–Crippen LogP) is 0.565. The molecular weight excluding hydrogens is 332 g/mol. The van der Waals surface area contributed by atoms with Gasteiger partial charge in [-0.05, 0) is 18.6 Å². The maximum Gasteiger partial charge on any atom is 0.257 e. The summed E-state index contributed by atoms with van der Waals surface area (Å²) in [5.41, 5.74) is 13.3. The molecule has 0 aliphatic rings. The van der Waals surface area contributed by atoms with Crippen LogP contribution in [0.4, 0.5) is 5.82 Å². The van der Waals surface area contributed by atoms with E-state index in [1.807, 2.05) is 28.8 Å². The Morgan fingerprint density at radius 1 is 1.27 bits per heavy atom. The number of methoxy groups -OCH3 is 1. The lowest BCUT2D eigenvalue weighted by Crippen LogP contribution is -2.50. The fraction of sp³-hybridized carbons (Fsp3) is 0.389. The van der Waals surface area contributed by atoms with Crippen LogP contribution in [-0.4, -0.2) is 47.2 Å². The highest BCUT2D eigenvalue weighted by Gasteiger charge is 2.23. The van der Waals surface area contributed by atoms with Crippen LogP contribution >= 0.6 is 0 Å². The molecular formula is C18H25N6O2+. The van der Waals surface area contributed by atoms with Gasteiger partial charge in [0.05, 0.1) is 17.6 Å². The van der Waals surface area contributed by atoms with Crippen molar-refractivity contribution in [2.45, 2.75) is 19.4 Å². The number of hydrogen-bond acceptors (Lipinski definition) is 5. The van der Waals surface area contributed by atoms with Crippen molar-refractivity contribution in [2.24, 2.45) is 0 Å². The first-order valence-corrected chi connectivity index (χ1v) is 8.78. The summed E-state index contributed by atoms with van der Waals surface area (Å²) in [5, 5.41) is 2.89. The predicted molar refractivity (Wildman–Crippen MR) is 101 cm³/mol. The number of ether oxygens (including phenoxy) is 1. The molecule has 1 amide bonds. The van der Waals surface area contributed by atoms with Crippen LogP contribution in [0.25, 0.3) is 22.2 Å². The molecule has 0 spiro atoms. The first-order valence-electron chi connectivity index (χ1n) is 8.78. The zero-order valence-corrected chi connectivity index (χ0v) is 15.0. The van der Waals surface area contributed by atoms with Gasteiger partial charge in [0.1, 0.15) is 16.9 Å². The molecule has 0 aliphatic heterocycles. The summed E-state index contributed by atoms with van der Waals surface area (Å²) in [5.74, 6) is 0.162. The second-order valence-corrected chi connectivity index (χ2v) is 6.11. The summed E-state index contributed by atoms with van der Waals surface area (Å²) in [6, 6.07) is 7.60. The van der Waals surface area contributed by atoms with Gasteiger partial charge in [0.25, 0.3) is 5.91 Å². The fourth-order valence-corrected chi connectivity index (χ4v) is 2.94. The number of nitrogens with two attached hydrogens (primary N) is 1. The molecule has 138 valence electrons. The minimum atomic E-state index is -0.235. The normalized spacial score (nSPS) is 11.3. The minimum absolute atomic E-state index is 0.235. The van der Waals surface area contributed by atoms with Crippen molar-refractivity contribution >= 4 is 33.9 Å². The lowest BCUT2D eigenvalue weighted by Gasteiger charge is -2.07. The Labute approximate surface area is 151 Å². The minimum Gasteiger partial charge on any atom is -0.385 e. The first-order chi connectivity index (χ1) is 12.7. The molecule has 3 rings (SSSR count). The standard InChI is InChI=1S/C18H24N6O2/c1-26-11-5-9-21-18(25)14-15-17(24(16(14)20)10-4-8-19)23-13-7-3-2-6-12(13)22-15/h2-3,6-7H,4-5,8-11,19-20H2,1H3,(H,21,25)/p+1. The summed E-state index contributed by atoms with van der Waals surface area (Å²) < 4.78 is 6.88. The van der Waals surface area contributed by atoms with E-state index in [0.29, 0.717) is 42.2 Å². The molecule has 1 aromatic carbocycles. The monoisotopic (exact) mass is 357 g/mol. The van der Waals surface area contributed by atoms with Crippen LogP contribution in [0, 0.1) is 0 Å². The van der Waals surface area contributed by atoms with E-state index >= 15 is 0 Å². The van der Waals surface area contributed by atoms with E-state index in [9.17, 15) is 4.79 Å². The Hall–Kier alpha value is -2.71. The Kier molecular flexibility index (Phi) is 5.65. The highest BCUT2D eigenvalue weighted by atomic mass is 16.5. The van der Waals surface area contributed by atoms with Crippen molar-refractivity contribution in [3.05, 3.63) is 29.8 Å². The molecule has 8 nitrogen and oxygen atoms in total. The lowest BCUT2D eigenvalue weighted by molar-refractivity contribution is -0.368. The third-order valence-corrected chi connectivity index (χ3v) is 4.26. The molecule has 2 heterocycles. The van der Waals surface area contributed by atoms with Gasteiger partial charge in [0.2, 0.25) is 0 Å². The third kappa shape index (κ3) is 3.47. The van der Waals surface area contributed by atoms with Crippen LogP contribution in [0.1, 0.15) is 23.2 Å². The van der Waals surface area contributed by atoms with Crippen molar-refractivity contribution in [2.75, 3.05) is 32.5 Å². The molecule has 0 aliphatic carbocycles. The number of nitrogens with one attached hydrogen (secondary N) is 1. The van der Waals surface area contributed by atoms with Crippen LogP contribution in [0.3, 0.4) is 0 Å². The number of quaternary nitrogens is 1. The number of aromatic nitrogens is 3. The number of fused-ring (bicyclic) bond motifs is 2. The summed E-state index contributed by atoms with van der Waals surface area (Å²) in [4.78, 5) is 22.1. The smallest absolute Gasteiger partial charge is 0.257 e. The molecule has 26 heavy (non-hydrogen) atoms. The van der Waals surface area contributed by atoms with Crippen LogP contribution in [0.5, 0.6) is 0 Å². The van der Waals surface area contributed by atoms with Gasteiger partial charge in [0, 0.05) is 33.2 Å². The number of amides is 1. The van der Waals surface area contributed by atoms with E-state index in [2.05, 4.69) is 16.0 Å². The average molecular weight is 357 g/mol. The van der Waals surface area contributed by atoms with Gasteiger partial charge in [-0.15, -0.1) is 0 Å². The van der Waals surface area contributed by atoms with Gasteiger partial charge in [-0.3, -0.25) is 4.79 Å². The fourth-order valence-electron chi connectivity index (χ4n) is 2.94. The molecule has 0 unspecified atom stereocenters. The van der Waals surface area contributed by atoms with Crippen molar-refractivity contribution < 1.29 is 15.3 Å². The van der Waals surface area contributed by atoms with E-state index in [0.717, 1.165) is 30.4 Å². The number of carbonyl (C=O) groups excluding carboxylic acids is 1. The highest BCUT2D eigenvalue weighted by Crippen LogP contribution is 2.28. The van der Waals surface area contributed by atoms with Crippen LogP contribution < -0.4 is 16.8 Å². The Balaban J connectivity index is 2.06. The molecule has 2 aromatic heterocycles. The third-order valence-electron chi connectivity index (χ3n) is 4.26. The summed E-state index contributed by atoms with van der Waals surface area (Å²) in [6.45, 7) is 2.53. The molecule has 8 heteroatoms. The van der Waals surface area contributed by atoms with E-state index in [1.165, 1.54) is 0 Å². The van der Waals surface area contributed by atoms with E-state index in [4.69, 9.17) is 15.5 Å². The number of nitrogen functional groups attached to an aromatic ring is 1. The van der Waals surface area contributed by atoms with Crippen molar-refractivity contribution in [1.82, 2.24) is 19.9 Å². The second-order valence-electron chi connectivity index (χ2n) is 6.11. The first kappa shape index (κ1) is 18.1. The quantitative estimate of drug-likeness (QED) is 0.509. The van der Waals surface area contributed by atoms with Gasteiger partial charge < -0.3 is 26.1 Å². The van der Waals surface area contributed by atoms with E-state index in [1.54, 1.807) is 7.11 Å². The number of hydrogen-bond donors (Lipinski definition) is 3. The molecule has 0 atom stereocenters. The van der Waals surface area contributed by atoms with Gasteiger partial charge in [0.15, 0.2) is 5.65 Å². The number of benzene rings is 1. The van der Waals surface area contributed by atoms with Crippen LogP contribution in [0.2, 0.25) is 0 Å². The van der Waals surface area contributed by atoms with Crippen molar-refractivity contribution in [3.8, 4) is 0 Å². The zero-order valence-electron chi connectivity index (χ0n) is 15.0. The maximum absolute atomic E-state index is 12.7. The number of nitrogens with zero attached hydrogens (tertiary/aromatic N) is 3.